The van der Waals surface area contributed by atoms with Gasteiger partial charge in [-0.05, 0) is 22.6 Å². The Morgan fingerprint density at radius 2 is 2.19 bits per heavy atom. The van der Waals surface area contributed by atoms with E-state index in [4.69, 9.17) is 0 Å². The van der Waals surface area contributed by atoms with E-state index in [-0.39, 0.29) is 11.9 Å². The van der Waals surface area contributed by atoms with E-state index in [0.29, 0.717) is 3.70 Å². The van der Waals surface area contributed by atoms with E-state index in [0.717, 1.165) is 10.4 Å². The zero-order chi connectivity index (χ0) is 11.7. The highest BCUT2D eigenvalue weighted by atomic mass is 127. The molecule has 2 aromatic heterocycles. The van der Waals surface area contributed by atoms with Crippen LogP contribution in [-0.2, 0) is 0 Å². The Morgan fingerprint density at radius 3 is 2.69 bits per heavy atom. The zero-order valence-electron chi connectivity index (χ0n) is 8.70. The molecule has 0 aliphatic rings. The van der Waals surface area contributed by atoms with Crippen LogP contribution in [0, 0.1) is 3.70 Å². The number of carbonyl (C=O) groups excluding carboxylic acids is 1. The molecular formula is C8H9IN6O. The molecule has 0 atom stereocenters. The van der Waals surface area contributed by atoms with Crippen molar-refractivity contribution in [1.82, 2.24) is 30.0 Å². The van der Waals surface area contributed by atoms with Gasteiger partial charge in [-0.2, -0.15) is 9.36 Å². The van der Waals surface area contributed by atoms with Crippen LogP contribution in [-0.4, -0.2) is 36.0 Å². The van der Waals surface area contributed by atoms with E-state index in [1.807, 2.05) is 36.4 Å². The molecule has 0 aliphatic heterocycles. The molecule has 0 spiro atoms. The average molecular weight is 332 g/mol. The molecule has 84 valence electrons. The maximum atomic E-state index is 11.9. The molecule has 0 fully saturated rings. The number of halogens is 1. The Labute approximate surface area is 105 Å². The second kappa shape index (κ2) is 4.28. The van der Waals surface area contributed by atoms with Gasteiger partial charge < -0.3 is 0 Å². The van der Waals surface area contributed by atoms with Crippen molar-refractivity contribution >= 4 is 28.6 Å². The summed E-state index contributed by atoms with van der Waals surface area (Å²) in [7, 11) is 0. The SMILES string of the molecule is CC(C)c1nnn(C(=O)n2ccnn2)c1I. The molecule has 0 aliphatic carbocycles. The van der Waals surface area contributed by atoms with Crippen LogP contribution in [0.25, 0.3) is 0 Å². The van der Waals surface area contributed by atoms with Crippen LogP contribution in [0.1, 0.15) is 25.5 Å². The lowest BCUT2D eigenvalue weighted by Gasteiger charge is -2.01. The third-order valence-electron chi connectivity index (χ3n) is 1.99. The fraction of sp³-hybridized carbons (Fsp3) is 0.375. The predicted octanol–water partition coefficient (Wildman–Crippen LogP) is 1.11. The number of hydrogen-bond donors (Lipinski definition) is 0. The van der Waals surface area contributed by atoms with Crippen LogP contribution in [0.4, 0.5) is 4.79 Å². The molecule has 0 bridgehead atoms. The maximum absolute atomic E-state index is 11.9. The molecular weight excluding hydrogens is 323 g/mol. The van der Waals surface area contributed by atoms with Gasteiger partial charge in [-0.1, -0.05) is 24.3 Å². The molecule has 7 nitrogen and oxygen atoms in total. The van der Waals surface area contributed by atoms with Gasteiger partial charge in [-0.15, -0.1) is 10.2 Å². The van der Waals surface area contributed by atoms with Crippen LogP contribution >= 0.6 is 22.6 Å². The monoisotopic (exact) mass is 332 g/mol. The van der Waals surface area contributed by atoms with Crippen LogP contribution in [0.5, 0.6) is 0 Å². The smallest absolute Gasteiger partial charge is 0.243 e. The summed E-state index contributed by atoms with van der Waals surface area (Å²) in [6.45, 7) is 3.99. The van der Waals surface area contributed by atoms with E-state index < -0.39 is 0 Å². The average Bonchev–Trinajstić information content (AvgIpc) is 2.84. The normalized spacial score (nSPS) is 11.0. The lowest BCUT2D eigenvalue weighted by molar-refractivity contribution is 0.236. The quantitative estimate of drug-likeness (QED) is 0.731. The number of rotatable bonds is 1. The summed E-state index contributed by atoms with van der Waals surface area (Å²) in [6, 6.07) is -0.388. The number of aromatic nitrogens is 6. The fourth-order valence-electron chi connectivity index (χ4n) is 1.17. The molecule has 2 heterocycles. The van der Waals surface area contributed by atoms with Gasteiger partial charge in [0, 0.05) is 5.92 Å². The van der Waals surface area contributed by atoms with Gasteiger partial charge in [0.05, 0.1) is 18.1 Å². The summed E-state index contributed by atoms with van der Waals surface area (Å²) < 4.78 is 3.03. The van der Waals surface area contributed by atoms with Crippen molar-refractivity contribution in [3.05, 3.63) is 21.8 Å². The molecule has 16 heavy (non-hydrogen) atoms. The van der Waals surface area contributed by atoms with Crippen molar-refractivity contribution < 1.29 is 4.79 Å². The van der Waals surface area contributed by atoms with E-state index in [2.05, 4.69) is 20.6 Å². The molecule has 0 saturated carbocycles. The Kier molecular flexibility index (Phi) is 2.99. The maximum Gasteiger partial charge on any atom is 0.373 e. The lowest BCUT2D eigenvalue weighted by atomic mass is 10.2. The first kappa shape index (κ1) is 11.2. The van der Waals surface area contributed by atoms with Crippen LogP contribution < -0.4 is 0 Å². The Bertz CT molecular complexity index is 503. The zero-order valence-corrected chi connectivity index (χ0v) is 10.9. The summed E-state index contributed by atoms with van der Waals surface area (Å²) in [6.07, 6.45) is 2.90. The van der Waals surface area contributed by atoms with Gasteiger partial charge in [-0.25, -0.2) is 4.79 Å². The number of hydrogen-bond acceptors (Lipinski definition) is 5. The number of carbonyl (C=O) groups is 1. The van der Waals surface area contributed by atoms with Crippen molar-refractivity contribution in [1.29, 1.82) is 0 Å². The first-order valence-electron chi connectivity index (χ1n) is 4.63. The van der Waals surface area contributed by atoms with E-state index >= 15 is 0 Å². The van der Waals surface area contributed by atoms with Gasteiger partial charge in [0.1, 0.15) is 3.70 Å². The van der Waals surface area contributed by atoms with Gasteiger partial charge in [0.15, 0.2) is 0 Å². The van der Waals surface area contributed by atoms with E-state index in [1.165, 1.54) is 17.1 Å². The minimum absolute atomic E-state index is 0.226. The summed E-state index contributed by atoms with van der Waals surface area (Å²) in [5.41, 5.74) is 0.800. The second-order valence-electron chi connectivity index (χ2n) is 3.46. The van der Waals surface area contributed by atoms with Crippen molar-refractivity contribution in [2.45, 2.75) is 19.8 Å². The molecule has 0 N–H and O–H groups in total. The van der Waals surface area contributed by atoms with Crippen LogP contribution in [0.2, 0.25) is 0 Å². The lowest BCUT2D eigenvalue weighted by Crippen LogP contribution is -2.22. The van der Waals surface area contributed by atoms with E-state index in [1.54, 1.807) is 0 Å². The summed E-state index contributed by atoms with van der Waals surface area (Å²) in [5.74, 6) is 0.226. The summed E-state index contributed by atoms with van der Waals surface area (Å²) >= 11 is 2.05. The Morgan fingerprint density at radius 1 is 1.44 bits per heavy atom. The van der Waals surface area contributed by atoms with Crippen molar-refractivity contribution in [3.8, 4) is 0 Å². The van der Waals surface area contributed by atoms with Gasteiger partial charge >= 0.3 is 6.03 Å². The topological polar surface area (TPSA) is 78.5 Å². The first-order chi connectivity index (χ1) is 7.61. The first-order valence-corrected chi connectivity index (χ1v) is 5.71. The third-order valence-corrected chi connectivity index (χ3v) is 3.00. The molecule has 2 aromatic rings. The van der Waals surface area contributed by atoms with Crippen molar-refractivity contribution in [2.24, 2.45) is 0 Å². The standard InChI is InChI=1S/C8H9IN6O/c1-5(2)6-7(9)15(13-11-6)8(16)14-4-3-10-12-14/h3-5H,1-2H3. The fourth-order valence-corrected chi connectivity index (χ4v) is 2.20. The predicted molar refractivity (Wildman–Crippen MR) is 63.0 cm³/mol. The van der Waals surface area contributed by atoms with Crippen LogP contribution in [0.15, 0.2) is 12.4 Å². The molecule has 2 rings (SSSR count). The summed E-state index contributed by atoms with van der Waals surface area (Å²) in [4.78, 5) is 11.9. The largest absolute Gasteiger partial charge is 0.373 e. The summed E-state index contributed by atoms with van der Waals surface area (Å²) in [5, 5.41) is 15.0. The molecule has 0 aromatic carbocycles. The Balaban J connectivity index is 2.39. The third kappa shape index (κ3) is 1.84. The minimum Gasteiger partial charge on any atom is -0.243 e. The van der Waals surface area contributed by atoms with Crippen molar-refractivity contribution in [3.63, 3.8) is 0 Å². The van der Waals surface area contributed by atoms with Gasteiger partial charge in [0.25, 0.3) is 0 Å². The second-order valence-corrected chi connectivity index (χ2v) is 4.48. The molecule has 0 amide bonds. The van der Waals surface area contributed by atoms with Crippen molar-refractivity contribution in [2.75, 3.05) is 0 Å². The molecule has 0 unspecified atom stereocenters. The Hall–Kier alpha value is -1.32. The van der Waals surface area contributed by atoms with Gasteiger partial charge in [-0.3, -0.25) is 0 Å². The molecule has 0 radical (unpaired) electrons. The molecule has 0 saturated heterocycles. The van der Waals surface area contributed by atoms with E-state index in [9.17, 15) is 4.79 Å². The van der Waals surface area contributed by atoms with Gasteiger partial charge in [0.2, 0.25) is 0 Å². The highest BCUT2D eigenvalue weighted by Gasteiger charge is 2.19. The van der Waals surface area contributed by atoms with Crippen LogP contribution in [0.3, 0.4) is 0 Å². The highest BCUT2D eigenvalue weighted by Crippen LogP contribution is 2.18. The number of nitrogens with zero attached hydrogens (tertiary/aromatic N) is 6. The molecule has 8 heteroatoms. The minimum atomic E-state index is -0.388. The highest BCUT2D eigenvalue weighted by molar-refractivity contribution is 14.1.